The number of hydrogen-bond donors (Lipinski definition) is 1. The van der Waals surface area contributed by atoms with Crippen LogP contribution < -0.4 is 10.2 Å². The van der Waals surface area contributed by atoms with Crippen LogP contribution in [0.3, 0.4) is 0 Å². The Balaban J connectivity index is 1.67. The molecule has 2 aromatic heterocycles. The Bertz CT molecular complexity index is 1420. The van der Waals surface area contributed by atoms with Gasteiger partial charge in [-0.3, -0.25) is 4.98 Å². The molecule has 2 atom stereocenters. The number of pyridine rings is 1. The molecule has 5 rings (SSSR count). The van der Waals surface area contributed by atoms with E-state index in [0.717, 1.165) is 38.9 Å². The first-order valence-corrected chi connectivity index (χ1v) is 12.5. The summed E-state index contributed by atoms with van der Waals surface area (Å²) in [5.74, 6) is 0. The van der Waals surface area contributed by atoms with E-state index in [0.29, 0.717) is 10.8 Å². The van der Waals surface area contributed by atoms with Gasteiger partial charge in [0.05, 0.1) is 23.3 Å². The molecule has 184 valence electrons. The van der Waals surface area contributed by atoms with Crippen molar-refractivity contribution < 1.29 is 13.2 Å². The van der Waals surface area contributed by atoms with Crippen LogP contribution in [-0.4, -0.2) is 14.7 Å². The minimum atomic E-state index is -4.42. The van der Waals surface area contributed by atoms with Crippen molar-refractivity contribution in [2.75, 3.05) is 4.90 Å². The average Bonchev–Trinajstić information content (AvgIpc) is 3.35. The Morgan fingerprint density at radius 3 is 2.36 bits per heavy atom. The number of rotatable bonds is 4. The van der Waals surface area contributed by atoms with Crippen molar-refractivity contribution in [3.63, 3.8) is 0 Å². The molecule has 1 N–H and O–H groups in total. The summed E-state index contributed by atoms with van der Waals surface area (Å²) in [4.78, 5) is 6.64. The second kappa shape index (κ2) is 9.37. The molecule has 0 radical (unpaired) electrons. The Labute approximate surface area is 220 Å². The minimum Gasteiger partial charge on any atom is -0.351 e. The molecule has 0 saturated carbocycles. The largest absolute Gasteiger partial charge is 0.416 e. The second-order valence-corrected chi connectivity index (χ2v) is 9.99. The second-order valence-electron chi connectivity index (χ2n) is 8.68. The van der Waals surface area contributed by atoms with E-state index in [-0.39, 0.29) is 12.1 Å². The van der Waals surface area contributed by atoms with Crippen LogP contribution >= 0.6 is 28.1 Å². The standard InChI is InChI=1S/C27H22BrF3N4S/c1-16-14-22(17(2)34(16)21-7-5-6-18(15-21)27(29,30)31)25-24(23-8-3-4-13-32-23)33-26(36)35(25)20-11-9-19(28)10-12-20/h3-15,24-25H,1-2H3,(H,33,36). The molecule has 0 amide bonds. The number of thiocarbonyl (C=S) groups is 1. The van der Waals surface area contributed by atoms with Crippen molar-refractivity contribution >= 4 is 38.9 Å². The third-order valence-electron chi connectivity index (χ3n) is 6.42. The van der Waals surface area contributed by atoms with Gasteiger partial charge in [-0.15, -0.1) is 0 Å². The number of aryl methyl sites for hydroxylation is 1. The summed E-state index contributed by atoms with van der Waals surface area (Å²) in [5.41, 5.74) is 4.14. The van der Waals surface area contributed by atoms with Gasteiger partial charge < -0.3 is 14.8 Å². The van der Waals surface area contributed by atoms with Crippen LogP contribution in [0.2, 0.25) is 0 Å². The van der Waals surface area contributed by atoms with Crippen LogP contribution in [-0.2, 0) is 6.18 Å². The lowest BCUT2D eigenvalue weighted by atomic mass is 9.96. The highest BCUT2D eigenvalue weighted by molar-refractivity contribution is 9.10. The number of aromatic nitrogens is 2. The van der Waals surface area contributed by atoms with E-state index in [4.69, 9.17) is 12.2 Å². The summed E-state index contributed by atoms with van der Waals surface area (Å²) >= 11 is 9.27. The average molecular weight is 571 g/mol. The summed E-state index contributed by atoms with van der Waals surface area (Å²) in [6.45, 7) is 3.83. The summed E-state index contributed by atoms with van der Waals surface area (Å²) < 4.78 is 43.1. The van der Waals surface area contributed by atoms with E-state index >= 15 is 0 Å². The van der Waals surface area contributed by atoms with Crippen molar-refractivity contribution in [2.24, 2.45) is 0 Å². The highest BCUT2D eigenvalue weighted by Crippen LogP contribution is 2.44. The molecule has 1 aliphatic heterocycles. The fourth-order valence-electron chi connectivity index (χ4n) is 4.86. The van der Waals surface area contributed by atoms with Gasteiger partial charge in [0.25, 0.3) is 0 Å². The monoisotopic (exact) mass is 570 g/mol. The van der Waals surface area contributed by atoms with E-state index in [1.807, 2.05) is 66.9 Å². The van der Waals surface area contributed by atoms with Crippen LogP contribution in [0.5, 0.6) is 0 Å². The summed E-state index contributed by atoms with van der Waals surface area (Å²) in [7, 11) is 0. The quantitative estimate of drug-likeness (QED) is 0.258. The lowest BCUT2D eigenvalue weighted by Crippen LogP contribution is -2.29. The molecule has 1 saturated heterocycles. The number of anilines is 1. The fraction of sp³-hybridized carbons (Fsp3) is 0.185. The number of benzene rings is 2. The zero-order chi connectivity index (χ0) is 25.6. The van der Waals surface area contributed by atoms with Gasteiger partial charge in [0, 0.05) is 33.4 Å². The van der Waals surface area contributed by atoms with Gasteiger partial charge in [-0.05, 0) is 92.3 Å². The maximum Gasteiger partial charge on any atom is 0.416 e. The molecule has 3 heterocycles. The van der Waals surface area contributed by atoms with E-state index < -0.39 is 11.7 Å². The maximum absolute atomic E-state index is 13.4. The normalized spacial score (nSPS) is 17.9. The van der Waals surface area contributed by atoms with Crippen LogP contribution in [0.4, 0.5) is 18.9 Å². The van der Waals surface area contributed by atoms with Gasteiger partial charge in [-0.2, -0.15) is 13.2 Å². The van der Waals surface area contributed by atoms with Gasteiger partial charge >= 0.3 is 6.18 Å². The molecule has 0 spiro atoms. The third kappa shape index (κ3) is 4.41. The predicted octanol–water partition coefficient (Wildman–Crippen LogP) is 7.45. The first-order valence-electron chi connectivity index (χ1n) is 11.3. The van der Waals surface area contributed by atoms with Gasteiger partial charge in [0.2, 0.25) is 0 Å². The maximum atomic E-state index is 13.4. The van der Waals surface area contributed by atoms with Gasteiger partial charge in [-0.25, -0.2) is 0 Å². The SMILES string of the molecule is Cc1cc(C2C(c3ccccn3)NC(=S)N2c2ccc(Br)cc2)c(C)n1-c1cccc(C(F)(F)F)c1. The molecule has 2 unspecified atom stereocenters. The Morgan fingerprint density at radius 2 is 1.69 bits per heavy atom. The number of nitrogens with zero attached hydrogens (tertiary/aromatic N) is 3. The fourth-order valence-corrected chi connectivity index (χ4v) is 5.47. The first kappa shape index (κ1) is 24.5. The molecule has 9 heteroatoms. The Kier molecular flexibility index (Phi) is 6.38. The van der Waals surface area contributed by atoms with Gasteiger partial charge in [-0.1, -0.05) is 28.1 Å². The van der Waals surface area contributed by atoms with Crippen molar-refractivity contribution in [2.45, 2.75) is 32.1 Å². The molecular formula is C27H22BrF3N4S. The Hall–Kier alpha value is -3.17. The van der Waals surface area contributed by atoms with Gasteiger partial charge in [0.15, 0.2) is 5.11 Å². The molecule has 4 aromatic rings. The molecule has 4 nitrogen and oxygen atoms in total. The molecule has 1 aliphatic rings. The molecule has 0 bridgehead atoms. The Morgan fingerprint density at radius 1 is 0.944 bits per heavy atom. The van der Waals surface area contributed by atoms with E-state index in [2.05, 4.69) is 31.1 Å². The van der Waals surface area contributed by atoms with Crippen LogP contribution in [0.15, 0.2) is 83.5 Å². The minimum absolute atomic E-state index is 0.252. The topological polar surface area (TPSA) is 33.1 Å². The van der Waals surface area contributed by atoms with E-state index in [9.17, 15) is 13.2 Å². The van der Waals surface area contributed by atoms with E-state index in [1.54, 1.807) is 12.3 Å². The first-order chi connectivity index (χ1) is 17.1. The molecule has 2 aromatic carbocycles. The smallest absolute Gasteiger partial charge is 0.351 e. The summed E-state index contributed by atoms with van der Waals surface area (Å²) in [6, 6.07) is 20.5. The predicted molar refractivity (Wildman–Crippen MR) is 142 cm³/mol. The third-order valence-corrected chi connectivity index (χ3v) is 7.27. The number of nitrogens with one attached hydrogen (secondary N) is 1. The summed E-state index contributed by atoms with van der Waals surface area (Å²) in [5, 5.41) is 3.99. The number of halogens is 4. The van der Waals surface area contributed by atoms with Gasteiger partial charge in [0.1, 0.15) is 0 Å². The zero-order valence-corrected chi connectivity index (χ0v) is 21.8. The zero-order valence-electron chi connectivity index (χ0n) is 19.4. The lowest BCUT2D eigenvalue weighted by molar-refractivity contribution is -0.137. The summed E-state index contributed by atoms with van der Waals surface area (Å²) in [6.07, 6.45) is -2.68. The van der Waals surface area contributed by atoms with Crippen molar-refractivity contribution in [3.8, 4) is 5.69 Å². The molecule has 36 heavy (non-hydrogen) atoms. The molecule has 0 aliphatic carbocycles. The molecular weight excluding hydrogens is 549 g/mol. The lowest BCUT2D eigenvalue weighted by Gasteiger charge is -2.28. The van der Waals surface area contributed by atoms with Crippen molar-refractivity contribution in [1.82, 2.24) is 14.9 Å². The van der Waals surface area contributed by atoms with Crippen molar-refractivity contribution in [1.29, 1.82) is 0 Å². The highest BCUT2D eigenvalue weighted by Gasteiger charge is 2.42. The van der Waals surface area contributed by atoms with Crippen molar-refractivity contribution in [3.05, 3.63) is 112 Å². The van der Waals surface area contributed by atoms with Crippen LogP contribution in [0.25, 0.3) is 5.69 Å². The van der Waals surface area contributed by atoms with E-state index in [1.165, 1.54) is 12.1 Å². The van der Waals surface area contributed by atoms with Crippen LogP contribution in [0.1, 0.15) is 40.3 Å². The van der Waals surface area contributed by atoms with Crippen LogP contribution in [0, 0.1) is 13.8 Å². The number of alkyl halides is 3. The molecule has 1 fully saturated rings. The number of hydrogen-bond acceptors (Lipinski definition) is 2. The highest BCUT2D eigenvalue weighted by atomic mass is 79.9.